The lowest BCUT2D eigenvalue weighted by Crippen LogP contribution is -2.26. The van der Waals surface area contributed by atoms with Crippen LogP contribution in [-0.4, -0.2) is 12.6 Å². The van der Waals surface area contributed by atoms with Crippen LogP contribution >= 0.6 is 0 Å². The third-order valence-corrected chi connectivity index (χ3v) is 3.54. The lowest BCUT2D eigenvalue weighted by Gasteiger charge is -2.17. The normalized spacial score (nSPS) is 15.0. The standard InChI is InChI=1S/C15H33N/c1-5-8-11-15(7-3)12-9-10-14(4)16-13-6-2/h14-16H,5-13H2,1-4H3. The average Bonchev–Trinajstić information content (AvgIpc) is 2.30. The van der Waals surface area contributed by atoms with E-state index in [1.165, 1.54) is 57.9 Å². The van der Waals surface area contributed by atoms with Crippen LogP contribution in [0, 0.1) is 5.92 Å². The van der Waals surface area contributed by atoms with Gasteiger partial charge in [0.2, 0.25) is 0 Å². The Hall–Kier alpha value is -0.0400. The Morgan fingerprint density at radius 2 is 1.56 bits per heavy atom. The summed E-state index contributed by atoms with van der Waals surface area (Å²) < 4.78 is 0. The van der Waals surface area contributed by atoms with Crippen molar-refractivity contribution in [3.8, 4) is 0 Å². The lowest BCUT2D eigenvalue weighted by molar-refractivity contribution is 0.386. The number of hydrogen-bond acceptors (Lipinski definition) is 1. The van der Waals surface area contributed by atoms with Gasteiger partial charge >= 0.3 is 0 Å². The Kier molecular flexibility index (Phi) is 11.4. The van der Waals surface area contributed by atoms with Gasteiger partial charge in [-0.25, -0.2) is 0 Å². The number of hydrogen-bond donors (Lipinski definition) is 1. The monoisotopic (exact) mass is 227 g/mol. The van der Waals surface area contributed by atoms with Crippen LogP contribution in [0.3, 0.4) is 0 Å². The molecule has 0 aromatic rings. The Morgan fingerprint density at radius 3 is 2.12 bits per heavy atom. The van der Waals surface area contributed by atoms with Crippen molar-refractivity contribution in [2.75, 3.05) is 6.54 Å². The van der Waals surface area contributed by atoms with Crippen molar-refractivity contribution in [2.24, 2.45) is 5.92 Å². The summed E-state index contributed by atoms with van der Waals surface area (Å²) in [6.45, 7) is 10.4. The van der Waals surface area contributed by atoms with Crippen LogP contribution < -0.4 is 5.32 Å². The van der Waals surface area contributed by atoms with E-state index in [0.29, 0.717) is 6.04 Å². The van der Waals surface area contributed by atoms with Crippen molar-refractivity contribution in [1.82, 2.24) is 5.32 Å². The highest BCUT2D eigenvalue weighted by atomic mass is 14.9. The van der Waals surface area contributed by atoms with Crippen molar-refractivity contribution in [3.63, 3.8) is 0 Å². The molecule has 0 aliphatic carbocycles. The fraction of sp³-hybridized carbons (Fsp3) is 1.00. The van der Waals surface area contributed by atoms with E-state index < -0.39 is 0 Å². The van der Waals surface area contributed by atoms with Crippen LogP contribution in [0.1, 0.15) is 79.1 Å². The maximum absolute atomic E-state index is 3.57. The van der Waals surface area contributed by atoms with Gasteiger partial charge in [0.05, 0.1) is 0 Å². The number of unbranched alkanes of at least 4 members (excludes halogenated alkanes) is 1. The van der Waals surface area contributed by atoms with E-state index >= 15 is 0 Å². The van der Waals surface area contributed by atoms with Crippen molar-refractivity contribution < 1.29 is 0 Å². The molecule has 0 saturated carbocycles. The molecule has 16 heavy (non-hydrogen) atoms. The fourth-order valence-corrected chi connectivity index (χ4v) is 2.25. The summed E-state index contributed by atoms with van der Waals surface area (Å²) >= 11 is 0. The first kappa shape index (κ1) is 16.0. The minimum absolute atomic E-state index is 0.712. The maximum atomic E-state index is 3.57. The average molecular weight is 227 g/mol. The summed E-state index contributed by atoms with van der Waals surface area (Å²) in [7, 11) is 0. The zero-order valence-electron chi connectivity index (χ0n) is 12.0. The van der Waals surface area contributed by atoms with E-state index in [-0.39, 0.29) is 0 Å². The van der Waals surface area contributed by atoms with E-state index in [9.17, 15) is 0 Å². The number of nitrogens with one attached hydrogen (secondary N) is 1. The van der Waals surface area contributed by atoms with Crippen molar-refractivity contribution in [3.05, 3.63) is 0 Å². The smallest absolute Gasteiger partial charge is 0.00387 e. The van der Waals surface area contributed by atoms with Gasteiger partial charge in [0.1, 0.15) is 0 Å². The van der Waals surface area contributed by atoms with Gasteiger partial charge < -0.3 is 5.32 Å². The minimum atomic E-state index is 0.712. The number of rotatable bonds is 11. The minimum Gasteiger partial charge on any atom is -0.314 e. The molecule has 0 aliphatic rings. The molecule has 2 atom stereocenters. The summed E-state index contributed by atoms with van der Waals surface area (Å²) in [6, 6.07) is 0.712. The molecule has 1 N–H and O–H groups in total. The molecule has 0 radical (unpaired) electrons. The van der Waals surface area contributed by atoms with Gasteiger partial charge in [-0.1, -0.05) is 59.3 Å². The van der Waals surface area contributed by atoms with Gasteiger partial charge in [-0.3, -0.25) is 0 Å². The molecule has 0 aromatic carbocycles. The first-order valence-electron chi connectivity index (χ1n) is 7.47. The van der Waals surface area contributed by atoms with Crippen LogP contribution in [-0.2, 0) is 0 Å². The maximum Gasteiger partial charge on any atom is 0.00387 e. The van der Waals surface area contributed by atoms with E-state index in [1.807, 2.05) is 0 Å². The molecule has 0 aromatic heterocycles. The molecule has 0 bridgehead atoms. The van der Waals surface area contributed by atoms with E-state index in [2.05, 4.69) is 33.0 Å². The third kappa shape index (κ3) is 9.21. The largest absolute Gasteiger partial charge is 0.314 e. The molecule has 0 spiro atoms. The Morgan fingerprint density at radius 1 is 0.875 bits per heavy atom. The van der Waals surface area contributed by atoms with Gasteiger partial charge in [0.25, 0.3) is 0 Å². The molecule has 0 heterocycles. The van der Waals surface area contributed by atoms with Crippen molar-refractivity contribution in [2.45, 2.75) is 85.1 Å². The SMILES string of the molecule is CCCCC(CC)CCCC(C)NCCC. The lowest BCUT2D eigenvalue weighted by atomic mass is 9.93. The van der Waals surface area contributed by atoms with E-state index in [0.717, 1.165) is 5.92 Å². The Balaban J connectivity index is 3.45. The summed E-state index contributed by atoms with van der Waals surface area (Å²) in [5.41, 5.74) is 0. The van der Waals surface area contributed by atoms with E-state index in [1.54, 1.807) is 0 Å². The van der Waals surface area contributed by atoms with Gasteiger partial charge in [-0.05, 0) is 32.2 Å². The molecule has 0 aliphatic heterocycles. The van der Waals surface area contributed by atoms with Crippen molar-refractivity contribution in [1.29, 1.82) is 0 Å². The van der Waals surface area contributed by atoms with Crippen LogP contribution in [0.4, 0.5) is 0 Å². The highest BCUT2D eigenvalue weighted by Gasteiger charge is 2.07. The molecule has 0 fully saturated rings. The molecular weight excluding hydrogens is 194 g/mol. The molecule has 98 valence electrons. The van der Waals surface area contributed by atoms with Crippen molar-refractivity contribution >= 4 is 0 Å². The summed E-state index contributed by atoms with van der Waals surface area (Å²) in [4.78, 5) is 0. The zero-order chi connectivity index (χ0) is 12.2. The van der Waals surface area contributed by atoms with Crippen LogP contribution in [0.2, 0.25) is 0 Å². The Bertz CT molecular complexity index is 133. The molecule has 0 saturated heterocycles. The molecule has 0 rings (SSSR count). The predicted octanol–water partition coefficient (Wildman–Crippen LogP) is 4.76. The van der Waals surface area contributed by atoms with E-state index in [4.69, 9.17) is 0 Å². The van der Waals surface area contributed by atoms with Crippen LogP contribution in [0.25, 0.3) is 0 Å². The van der Waals surface area contributed by atoms with Gasteiger partial charge in [-0.2, -0.15) is 0 Å². The fourth-order valence-electron chi connectivity index (χ4n) is 2.25. The highest BCUT2D eigenvalue weighted by Crippen LogP contribution is 2.19. The highest BCUT2D eigenvalue weighted by molar-refractivity contribution is 4.63. The first-order valence-corrected chi connectivity index (χ1v) is 7.47. The molecule has 0 amide bonds. The molecule has 2 unspecified atom stereocenters. The van der Waals surface area contributed by atoms with Crippen LogP contribution in [0.15, 0.2) is 0 Å². The molecule has 1 nitrogen and oxygen atoms in total. The van der Waals surface area contributed by atoms with Gasteiger partial charge in [0, 0.05) is 6.04 Å². The topological polar surface area (TPSA) is 12.0 Å². The first-order chi connectivity index (χ1) is 7.74. The predicted molar refractivity (Wildman–Crippen MR) is 74.9 cm³/mol. The van der Waals surface area contributed by atoms with Gasteiger partial charge in [-0.15, -0.1) is 0 Å². The second kappa shape index (κ2) is 11.4. The second-order valence-corrected chi connectivity index (χ2v) is 5.20. The second-order valence-electron chi connectivity index (χ2n) is 5.20. The summed E-state index contributed by atoms with van der Waals surface area (Å²) in [5, 5.41) is 3.57. The quantitative estimate of drug-likeness (QED) is 0.536. The Labute approximate surface area is 103 Å². The summed E-state index contributed by atoms with van der Waals surface area (Å²) in [5.74, 6) is 0.985. The zero-order valence-corrected chi connectivity index (χ0v) is 12.0. The van der Waals surface area contributed by atoms with Gasteiger partial charge in [0.15, 0.2) is 0 Å². The summed E-state index contributed by atoms with van der Waals surface area (Å²) in [6.07, 6.45) is 11.0. The van der Waals surface area contributed by atoms with Crippen LogP contribution in [0.5, 0.6) is 0 Å². The molecule has 1 heteroatoms. The third-order valence-electron chi connectivity index (χ3n) is 3.54. The molecular formula is C15H33N.